The Hall–Kier alpha value is -2.21. The number of aromatic nitrogens is 2. The van der Waals surface area contributed by atoms with E-state index in [9.17, 15) is 5.11 Å². The van der Waals surface area contributed by atoms with E-state index in [1.165, 1.54) is 0 Å². The minimum absolute atomic E-state index is 0.0360. The fourth-order valence-corrected chi connectivity index (χ4v) is 1.88. The third kappa shape index (κ3) is 1.78. The summed E-state index contributed by atoms with van der Waals surface area (Å²) in [6.07, 6.45) is 3.50. The standard InChI is InChI=1S/C11H8N4OS/c16-10-9(13-11(17)14-10)4-6-1-2-8-7(3-6)5-12-15-8/h1-5,16H,(H2,13,14,17)/b6-4+. The first kappa shape index (κ1) is 9.98. The third-order valence-electron chi connectivity index (χ3n) is 2.46. The van der Waals surface area contributed by atoms with Gasteiger partial charge < -0.3 is 15.1 Å². The lowest BCUT2D eigenvalue weighted by Crippen LogP contribution is -2.11. The van der Waals surface area contributed by atoms with Gasteiger partial charge in [-0.2, -0.15) is 10.2 Å². The van der Waals surface area contributed by atoms with Gasteiger partial charge >= 0.3 is 0 Å². The number of hydrogen-bond donors (Lipinski definition) is 3. The van der Waals surface area contributed by atoms with Gasteiger partial charge in [0.15, 0.2) is 4.77 Å². The molecule has 0 spiro atoms. The number of aromatic hydroxyl groups is 1. The Kier molecular flexibility index (Phi) is 2.15. The smallest absolute Gasteiger partial charge is 0.215 e. The Balaban J connectivity index is 2.17. The van der Waals surface area contributed by atoms with Crippen LogP contribution in [0.25, 0.3) is 6.08 Å². The lowest BCUT2D eigenvalue weighted by molar-refractivity contribution is 0.455. The number of imidazole rings is 1. The second-order valence-electron chi connectivity index (χ2n) is 3.65. The molecule has 5 nitrogen and oxygen atoms in total. The highest BCUT2D eigenvalue weighted by atomic mass is 32.1. The summed E-state index contributed by atoms with van der Waals surface area (Å²) >= 11 is 4.89. The van der Waals surface area contributed by atoms with Crippen LogP contribution < -0.4 is 10.6 Å². The number of benzene rings is 1. The van der Waals surface area contributed by atoms with Crippen molar-refractivity contribution in [3.05, 3.63) is 44.8 Å². The van der Waals surface area contributed by atoms with Gasteiger partial charge in [-0.25, -0.2) is 0 Å². The SMILES string of the molecule is Oc1[nH]c(=S)[nH]c1/C=c1\ccc2c(c1)C=NN=2. The summed E-state index contributed by atoms with van der Waals surface area (Å²) < 4.78 is 0.395. The normalized spacial score (nSPS) is 13.8. The maximum Gasteiger partial charge on any atom is 0.215 e. The molecule has 1 aromatic heterocycles. The van der Waals surface area contributed by atoms with Crippen molar-refractivity contribution >= 4 is 24.5 Å². The number of nitrogens with zero attached hydrogens (tertiary/aromatic N) is 2. The quantitative estimate of drug-likeness (QED) is 0.641. The summed E-state index contributed by atoms with van der Waals surface area (Å²) in [5.74, 6) is 0.0360. The van der Waals surface area contributed by atoms with Crippen LogP contribution in [0.2, 0.25) is 0 Å². The highest BCUT2D eigenvalue weighted by molar-refractivity contribution is 7.71. The highest BCUT2D eigenvalue weighted by Gasteiger charge is 2.01. The number of hydrogen-bond acceptors (Lipinski definition) is 4. The van der Waals surface area contributed by atoms with Crippen LogP contribution in [0.1, 0.15) is 11.3 Å². The third-order valence-corrected chi connectivity index (χ3v) is 2.66. The van der Waals surface area contributed by atoms with Crippen molar-refractivity contribution in [2.24, 2.45) is 10.2 Å². The molecule has 3 N–H and O–H groups in total. The molecule has 17 heavy (non-hydrogen) atoms. The first-order chi connectivity index (χ1) is 8.22. The molecule has 6 heteroatoms. The maximum absolute atomic E-state index is 9.56. The molecule has 0 bridgehead atoms. The predicted molar refractivity (Wildman–Crippen MR) is 66.0 cm³/mol. The maximum atomic E-state index is 9.56. The molecular weight excluding hydrogens is 236 g/mol. The fraction of sp³-hybridized carbons (Fsp3) is 0. The van der Waals surface area contributed by atoms with E-state index in [1.807, 2.05) is 18.2 Å². The van der Waals surface area contributed by atoms with Crippen LogP contribution in [0.5, 0.6) is 5.88 Å². The number of nitrogens with one attached hydrogen (secondary N) is 2. The van der Waals surface area contributed by atoms with Gasteiger partial charge in [0, 0.05) is 5.56 Å². The molecular formula is C11H8N4OS. The van der Waals surface area contributed by atoms with Gasteiger partial charge in [0.2, 0.25) is 5.88 Å². The van der Waals surface area contributed by atoms with Crippen LogP contribution >= 0.6 is 12.2 Å². The minimum atomic E-state index is 0.0360. The largest absolute Gasteiger partial charge is 0.493 e. The fourth-order valence-electron chi connectivity index (χ4n) is 1.67. The zero-order valence-corrected chi connectivity index (χ0v) is 9.45. The van der Waals surface area contributed by atoms with Crippen molar-refractivity contribution in [1.82, 2.24) is 9.97 Å². The Morgan fingerprint density at radius 1 is 1.29 bits per heavy atom. The van der Waals surface area contributed by atoms with Gasteiger partial charge in [-0.05, 0) is 35.6 Å². The monoisotopic (exact) mass is 244 g/mol. The molecule has 0 unspecified atom stereocenters. The molecule has 84 valence electrons. The number of rotatable bonds is 1. The molecule has 1 aliphatic heterocycles. The van der Waals surface area contributed by atoms with Gasteiger partial charge in [0.05, 0.1) is 11.6 Å². The Bertz CT molecular complexity index is 785. The van der Waals surface area contributed by atoms with E-state index in [-0.39, 0.29) is 5.88 Å². The molecule has 0 radical (unpaired) electrons. The Morgan fingerprint density at radius 3 is 2.94 bits per heavy atom. The van der Waals surface area contributed by atoms with Gasteiger partial charge in [0.25, 0.3) is 0 Å². The van der Waals surface area contributed by atoms with Crippen LogP contribution in [-0.2, 0) is 0 Å². The van der Waals surface area contributed by atoms with E-state index in [1.54, 1.807) is 12.3 Å². The zero-order valence-electron chi connectivity index (χ0n) is 8.64. The van der Waals surface area contributed by atoms with E-state index in [2.05, 4.69) is 20.2 Å². The zero-order chi connectivity index (χ0) is 11.8. The molecule has 0 saturated carbocycles. The van der Waals surface area contributed by atoms with E-state index in [0.717, 1.165) is 16.1 Å². The molecule has 0 amide bonds. The van der Waals surface area contributed by atoms with E-state index >= 15 is 0 Å². The van der Waals surface area contributed by atoms with Crippen LogP contribution in [0.15, 0.2) is 28.4 Å². The van der Waals surface area contributed by atoms with Gasteiger partial charge in [-0.1, -0.05) is 6.07 Å². The molecule has 0 aliphatic carbocycles. The molecule has 3 rings (SSSR count). The van der Waals surface area contributed by atoms with Crippen LogP contribution in [0.3, 0.4) is 0 Å². The van der Waals surface area contributed by atoms with E-state index < -0.39 is 0 Å². The summed E-state index contributed by atoms with van der Waals surface area (Å²) in [6, 6.07) is 5.73. The van der Waals surface area contributed by atoms with Gasteiger partial charge in [-0.3, -0.25) is 0 Å². The van der Waals surface area contributed by atoms with Crippen molar-refractivity contribution in [2.75, 3.05) is 0 Å². The molecule has 1 aliphatic rings. The van der Waals surface area contributed by atoms with E-state index in [0.29, 0.717) is 10.5 Å². The first-order valence-electron chi connectivity index (χ1n) is 4.96. The van der Waals surface area contributed by atoms with E-state index in [4.69, 9.17) is 12.2 Å². The number of H-pyrrole nitrogens is 2. The molecule has 0 saturated heterocycles. The second kappa shape index (κ2) is 3.67. The van der Waals surface area contributed by atoms with Crippen molar-refractivity contribution in [3.63, 3.8) is 0 Å². The Morgan fingerprint density at radius 2 is 2.18 bits per heavy atom. The molecule has 2 aromatic rings. The predicted octanol–water partition coefficient (Wildman–Crippen LogP) is 0.574. The number of fused-ring (bicyclic) bond motifs is 1. The molecule has 1 aromatic carbocycles. The summed E-state index contributed by atoms with van der Waals surface area (Å²) in [7, 11) is 0. The van der Waals surface area contributed by atoms with Crippen molar-refractivity contribution in [2.45, 2.75) is 0 Å². The molecule has 2 heterocycles. The van der Waals surface area contributed by atoms with Gasteiger partial charge in [0.1, 0.15) is 5.69 Å². The molecule has 0 atom stereocenters. The average molecular weight is 244 g/mol. The first-order valence-corrected chi connectivity index (χ1v) is 5.37. The van der Waals surface area contributed by atoms with Crippen molar-refractivity contribution in [1.29, 1.82) is 0 Å². The summed E-state index contributed by atoms with van der Waals surface area (Å²) in [4.78, 5) is 5.48. The lowest BCUT2D eigenvalue weighted by Gasteiger charge is -1.91. The number of aromatic amines is 2. The van der Waals surface area contributed by atoms with Gasteiger partial charge in [-0.15, -0.1) is 0 Å². The highest BCUT2D eigenvalue weighted by Crippen LogP contribution is 2.11. The van der Waals surface area contributed by atoms with Crippen LogP contribution in [-0.4, -0.2) is 21.3 Å². The van der Waals surface area contributed by atoms with Crippen molar-refractivity contribution < 1.29 is 5.11 Å². The lowest BCUT2D eigenvalue weighted by atomic mass is 10.2. The minimum Gasteiger partial charge on any atom is -0.493 e. The second-order valence-corrected chi connectivity index (χ2v) is 4.06. The van der Waals surface area contributed by atoms with Crippen molar-refractivity contribution in [3.8, 4) is 5.88 Å². The topological polar surface area (TPSA) is 76.5 Å². The summed E-state index contributed by atoms with van der Waals surface area (Å²) in [6.45, 7) is 0. The average Bonchev–Trinajstić information content (AvgIpc) is 2.85. The van der Waals surface area contributed by atoms with Crippen LogP contribution in [0, 0.1) is 4.77 Å². The summed E-state index contributed by atoms with van der Waals surface area (Å²) in [5.41, 5.74) is 1.52. The van der Waals surface area contributed by atoms with Crippen LogP contribution in [0.4, 0.5) is 0 Å². The Labute approximate surface area is 101 Å². The molecule has 0 fully saturated rings. The summed E-state index contributed by atoms with van der Waals surface area (Å²) in [5, 5.41) is 19.1.